The lowest BCUT2D eigenvalue weighted by Crippen LogP contribution is -2.24. The van der Waals surface area contributed by atoms with Crippen molar-refractivity contribution in [2.45, 2.75) is 70.1 Å². The third-order valence-electron chi connectivity index (χ3n) is 6.01. The van der Waals surface area contributed by atoms with Gasteiger partial charge >= 0.3 is 0 Å². The Bertz CT molecular complexity index is 718. The Morgan fingerprint density at radius 2 is 1.56 bits per heavy atom. The minimum absolute atomic E-state index is 0.136. The van der Waals surface area contributed by atoms with Crippen LogP contribution in [0.15, 0.2) is 48.5 Å². The van der Waals surface area contributed by atoms with Crippen LogP contribution in [0.4, 0.5) is 5.69 Å². The third kappa shape index (κ3) is 4.75. The Morgan fingerprint density at radius 1 is 0.926 bits per heavy atom. The maximum Gasteiger partial charge on any atom is 0.0440 e. The van der Waals surface area contributed by atoms with Gasteiger partial charge in [-0.1, -0.05) is 89.9 Å². The second-order valence-corrected chi connectivity index (χ2v) is 11.2. The fourth-order valence-electron chi connectivity index (χ4n) is 4.73. The van der Waals surface area contributed by atoms with Gasteiger partial charge in [0.1, 0.15) is 0 Å². The molecule has 1 saturated carbocycles. The molecular weight excluding hydrogens is 345 g/mol. The van der Waals surface area contributed by atoms with Crippen molar-refractivity contribution in [3.8, 4) is 11.1 Å². The van der Waals surface area contributed by atoms with Crippen molar-refractivity contribution in [1.29, 1.82) is 0 Å². The zero-order chi connectivity index (χ0) is 19.2. The third-order valence-corrected chi connectivity index (χ3v) is 9.47. The molecule has 2 aromatic carbocycles. The highest BCUT2D eigenvalue weighted by atomic mass is 31.1. The maximum absolute atomic E-state index is 2.53. The predicted molar refractivity (Wildman–Crippen MR) is 124 cm³/mol. The molecule has 1 fully saturated rings. The summed E-state index contributed by atoms with van der Waals surface area (Å²) in [6.45, 7) is 4.87. The van der Waals surface area contributed by atoms with Gasteiger partial charge in [0.15, 0.2) is 0 Å². The van der Waals surface area contributed by atoms with Crippen LogP contribution in [-0.4, -0.2) is 25.4 Å². The van der Waals surface area contributed by atoms with Crippen molar-refractivity contribution in [2.75, 3.05) is 19.0 Å². The van der Waals surface area contributed by atoms with Crippen molar-refractivity contribution >= 4 is 18.9 Å². The molecule has 0 spiro atoms. The van der Waals surface area contributed by atoms with Gasteiger partial charge in [0.05, 0.1) is 0 Å². The van der Waals surface area contributed by atoms with Gasteiger partial charge in [-0.05, 0) is 47.5 Å². The Hall–Kier alpha value is -1.33. The topological polar surface area (TPSA) is 3.24 Å². The standard InChI is InChI=1S/C25H36NP/c1-5-13-20(2)27(21-14-7-6-8-15-21)25-19-12-10-17-23(25)22-16-9-11-18-24(22)26(3)4/h9-12,16-21H,5-8,13-15H2,1-4H3. The van der Waals surface area contributed by atoms with E-state index in [9.17, 15) is 0 Å². The van der Waals surface area contributed by atoms with E-state index in [1.54, 1.807) is 5.30 Å². The van der Waals surface area contributed by atoms with Gasteiger partial charge in [-0.15, -0.1) is 0 Å². The number of rotatable bonds is 7. The molecule has 0 amide bonds. The van der Waals surface area contributed by atoms with E-state index in [1.807, 2.05) is 0 Å². The average molecular weight is 382 g/mol. The van der Waals surface area contributed by atoms with Crippen molar-refractivity contribution in [2.24, 2.45) is 0 Å². The molecule has 146 valence electrons. The molecule has 0 radical (unpaired) electrons. The van der Waals surface area contributed by atoms with Crippen molar-refractivity contribution in [3.05, 3.63) is 48.5 Å². The molecule has 0 bridgehead atoms. The lowest BCUT2D eigenvalue weighted by molar-refractivity contribution is 0.509. The molecule has 1 aliphatic carbocycles. The smallest absolute Gasteiger partial charge is 0.0440 e. The van der Waals surface area contributed by atoms with Gasteiger partial charge in [0.2, 0.25) is 0 Å². The van der Waals surface area contributed by atoms with Crippen molar-refractivity contribution in [3.63, 3.8) is 0 Å². The Labute approximate surface area is 167 Å². The molecule has 2 unspecified atom stereocenters. The number of para-hydroxylation sites is 1. The van der Waals surface area contributed by atoms with Crippen LogP contribution in [-0.2, 0) is 0 Å². The molecular formula is C25H36NP. The second kappa shape index (κ2) is 9.74. The zero-order valence-corrected chi connectivity index (χ0v) is 18.5. The number of hydrogen-bond donors (Lipinski definition) is 0. The van der Waals surface area contributed by atoms with E-state index in [1.165, 1.54) is 61.8 Å². The van der Waals surface area contributed by atoms with Gasteiger partial charge < -0.3 is 4.90 Å². The first-order chi connectivity index (χ1) is 13.1. The van der Waals surface area contributed by atoms with Crippen LogP contribution >= 0.6 is 7.92 Å². The lowest BCUT2D eigenvalue weighted by Gasteiger charge is -2.37. The highest BCUT2D eigenvalue weighted by Gasteiger charge is 2.30. The van der Waals surface area contributed by atoms with E-state index >= 15 is 0 Å². The molecule has 0 aromatic heterocycles. The minimum atomic E-state index is -0.136. The zero-order valence-electron chi connectivity index (χ0n) is 17.6. The highest BCUT2D eigenvalue weighted by Crippen LogP contribution is 2.54. The molecule has 27 heavy (non-hydrogen) atoms. The Kier molecular flexibility index (Phi) is 7.36. The number of benzene rings is 2. The number of anilines is 1. The quantitative estimate of drug-likeness (QED) is 0.465. The first-order valence-corrected chi connectivity index (χ1v) is 12.3. The van der Waals surface area contributed by atoms with Crippen LogP contribution in [0.5, 0.6) is 0 Å². The Morgan fingerprint density at radius 3 is 2.22 bits per heavy atom. The molecule has 2 aromatic rings. The van der Waals surface area contributed by atoms with E-state index in [4.69, 9.17) is 0 Å². The average Bonchev–Trinajstić information content (AvgIpc) is 2.69. The summed E-state index contributed by atoms with van der Waals surface area (Å²) in [4.78, 5) is 2.25. The van der Waals surface area contributed by atoms with Gasteiger partial charge in [-0.3, -0.25) is 0 Å². The first-order valence-electron chi connectivity index (χ1n) is 10.8. The monoisotopic (exact) mass is 381 g/mol. The van der Waals surface area contributed by atoms with Gasteiger partial charge in [-0.2, -0.15) is 0 Å². The summed E-state index contributed by atoms with van der Waals surface area (Å²) >= 11 is 0. The number of hydrogen-bond acceptors (Lipinski definition) is 1. The van der Waals surface area contributed by atoms with Gasteiger partial charge in [0, 0.05) is 25.3 Å². The van der Waals surface area contributed by atoms with E-state index in [0.717, 1.165) is 11.3 Å². The minimum Gasteiger partial charge on any atom is -0.377 e. The SMILES string of the molecule is CCCC(C)P(c1ccccc1-c1ccccc1N(C)C)C1CCCCC1. The molecule has 0 aliphatic heterocycles. The predicted octanol–water partition coefficient (Wildman–Crippen LogP) is 7.05. The Balaban J connectivity index is 2.09. The molecule has 0 saturated heterocycles. The fourth-order valence-corrected chi connectivity index (χ4v) is 8.51. The second-order valence-electron chi connectivity index (χ2n) is 8.27. The normalized spacial score (nSPS) is 17.5. The molecule has 1 nitrogen and oxygen atoms in total. The van der Waals surface area contributed by atoms with Gasteiger partial charge in [0.25, 0.3) is 0 Å². The summed E-state index contributed by atoms with van der Waals surface area (Å²) in [5.74, 6) is 0. The molecule has 2 atom stereocenters. The fraction of sp³-hybridized carbons (Fsp3) is 0.520. The van der Waals surface area contributed by atoms with E-state index in [-0.39, 0.29) is 7.92 Å². The van der Waals surface area contributed by atoms with Crippen LogP contribution in [0.25, 0.3) is 11.1 Å². The molecule has 2 heteroatoms. The summed E-state index contributed by atoms with van der Waals surface area (Å²) in [6.07, 6.45) is 9.81. The van der Waals surface area contributed by atoms with Crippen LogP contribution in [0.2, 0.25) is 0 Å². The summed E-state index contributed by atoms with van der Waals surface area (Å²) in [5.41, 5.74) is 5.90. The molecule has 3 rings (SSSR count). The summed E-state index contributed by atoms with van der Waals surface area (Å²) < 4.78 is 0. The number of nitrogens with zero attached hydrogens (tertiary/aromatic N) is 1. The van der Waals surface area contributed by atoms with Crippen LogP contribution < -0.4 is 10.2 Å². The van der Waals surface area contributed by atoms with Crippen molar-refractivity contribution in [1.82, 2.24) is 0 Å². The van der Waals surface area contributed by atoms with Crippen LogP contribution in [0.1, 0.15) is 58.8 Å². The maximum atomic E-state index is 2.53. The van der Waals surface area contributed by atoms with Crippen molar-refractivity contribution < 1.29 is 0 Å². The van der Waals surface area contributed by atoms with E-state index in [2.05, 4.69) is 81.4 Å². The van der Waals surface area contributed by atoms with Gasteiger partial charge in [-0.25, -0.2) is 0 Å². The summed E-state index contributed by atoms with van der Waals surface area (Å²) in [6, 6.07) is 18.2. The van der Waals surface area contributed by atoms with Crippen LogP contribution in [0, 0.1) is 0 Å². The van der Waals surface area contributed by atoms with E-state index in [0.29, 0.717) is 0 Å². The summed E-state index contributed by atoms with van der Waals surface area (Å²) in [5, 5.41) is 1.65. The van der Waals surface area contributed by atoms with E-state index < -0.39 is 0 Å². The highest BCUT2D eigenvalue weighted by molar-refractivity contribution is 7.67. The molecule has 1 aliphatic rings. The summed E-state index contributed by atoms with van der Waals surface area (Å²) in [7, 11) is 4.18. The van der Waals surface area contributed by atoms with Crippen LogP contribution in [0.3, 0.4) is 0 Å². The first kappa shape index (κ1) is 20.4. The molecule has 0 N–H and O–H groups in total. The lowest BCUT2D eigenvalue weighted by atomic mass is 10.0. The largest absolute Gasteiger partial charge is 0.377 e. The molecule has 0 heterocycles.